The van der Waals surface area contributed by atoms with Crippen LogP contribution in [-0.4, -0.2) is 16.4 Å². The lowest BCUT2D eigenvalue weighted by molar-refractivity contribution is -0.140. The Balaban J connectivity index is 1.36. The van der Waals surface area contributed by atoms with Crippen molar-refractivity contribution < 1.29 is 4.74 Å². The SMILES string of the molecule is c1ccc(-c2ccc(C3=NN4[C@H](C3)c3ccccc3OC43CCCCC3)cc2)cc1. The molecule has 0 saturated heterocycles. The van der Waals surface area contributed by atoms with Gasteiger partial charge in [0.25, 0.3) is 0 Å². The molecule has 0 unspecified atom stereocenters. The first-order valence-electron chi connectivity index (χ1n) is 11.1. The highest BCUT2D eigenvalue weighted by Gasteiger charge is 2.50. The quantitative estimate of drug-likeness (QED) is 0.492. The number of para-hydroxylation sites is 1. The van der Waals surface area contributed by atoms with Crippen LogP contribution in [0, 0.1) is 0 Å². The van der Waals surface area contributed by atoms with Crippen molar-refractivity contribution in [3.63, 3.8) is 0 Å². The minimum Gasteiger partial charge on any atom is -0.466 e. The van der Waals surface area contributed by atoms with Crippen LogP contribution in [0.25, 0.3) is 11.1 Å². The Morgan fingerprint density at radius 3 is 2.20 bits per heavy atom. The molecule has 150 valence electrons. The molecule has 30 heavy (non-hydrogen) atoms. The average molecular weight is 395 g/mol. The van der Waals surface area contributed by atoms with E-state index in [0.717, 1.165) is 25.0 Å². The summed E-state index contributed by atoms with van der Waals surface area (Å²) in [7, 11) is 0. The Kier molecular flexibility index (Phi) is 4.15. The Bertz CT molecular complexity index is 1080. The van der Waals surface area contributed by atoms with E-state index in [4.69, 9.17) is 9.84 Å². The molecule has 1 spiro atoms. The van der Waals surface area contributed by atoms with Crippen LogP contribution in [0.2, 0.25) is 0 Å². The van der Waals surface area contributed by atoms with E-state index in [-0.39, 0.29) is 11.8 Å². The number of fused-ring (bicyclic) bond motifs is 4. The van der Waals surface area contributed by atoms with Crippen LogP contribution in [0.4, 0.5) is 0 Å². The van der Waals surface area contributed by atoms with Crippen LogP contribution in [0.3, 0.4) is 0 Å². The first-order chi connectivity index (χ1) is 14.8. The minimum absolute atomic E-state index is 0.275. The van der Waals surface area contributed by atoms with Crippen molar-refractivity contribution in [1.82, 2.24) is 5.01 Å². The van der Waals surface area contributed by atoms with E-state index < -0.39 is 0 Å². The third-order valence-corrected chi connectivity index (χ3v) is 6.87. The molecule has 0 radical (unpaired) electrons. The molecule has 0 N–H and O–H groups in total. The molecule has 1 fully saturated rings. The summed E-state index contributed by atoms with van der Waals surface area (Å²) in [4.78, 5) is 0. The van der Waals surface area contributed by atoms with Crippen molar-refractivity contribution in [3.05, 3.63) is 90.0 Å². The predicted molar refractivity (Wildman–Crippen MR) is 120 cm³/mol. The van der Waals surface area contributed by atoms with Crippen molar-refractivity contribution in [2.45, 2.75) is 50.3 Å². The van der Waals surface area contributed by atoms with E-state index in [9.17, 15) is 0 Å². The van der Waals surface area contributed by atoms with Crippen molar-refractivity contribution >= 4 is 5.71 Å². The molecule has 1 saturated carbocycles. The molecule has 3 aromatic carbocycles. The molecule has 2 heterocycles. The highest BCUT2D eigenvalue weighted by molar-refractivity contribution is 6.02. The Morgan fingerprint density at radius 1 is 0.733 bits per heavy atom. The fourth-order valence-corrected chi connectivity index (χ4v) is 5.32. The molecule has 3 nitrogen and oxygen atoms in total. The Labute approximate surface area is 178 Å². The Morgan fingerprint density at radius 2 is 1.40 bits per heavy atom. The molecule has 2 aliphatic heterocycles. The summed E-state index contributed by atoms with van der Waals surface area (Å²) in [5, 5.41) is 7.50. The average Bonchev–Trinajstić information content (AvgIpc) is 3.28. The number of nitrogens with zero attached hydrogens (tertiary/aromatic N) is 2. The molecular formula is C27H26N2O. The molecule has 1 atom stereocenters. The zero-order valence-electron chi connectivity index (χ0n) is 17.1. The van der Waals surface area contributed by atoms with E-state index in [1.54, 1.807) is 0 Å². The summed E-state index contributed by atoms with van der Waals surface area (Å²) in [5.74, 6) is 1.05. The molecule has 6 rings (SSSR count). The second kappa shape index (κ2) is 7.02. The zero-order chi connectivity index (χ0) is 20.0. The Hall–Kier alpha value is -3.07. The molecule has 0 amide bonds. The van der Waals surface area contributed by atoms with Crippen molar-refractivity contribution in [1.29, 1.82) is 0 Å². The lowest BCUT2D eigenvalue weighted by atomic mass is 9.86. The topological polar surface area (TPSA) is 24.8 Å². The van der Waals surface area contributed by atoms with Crippen LogP contribution < -0.4 is 4.74 Å². The fraction of sp³-hybridized carbons (Fsp3) is 0.296. The normalized spacial score (nSPS) is 21.5. The van der Waals surface area contributed by atoms with Gasteiger partial charge in [0.05, 0.1) is 11.8 Å². The van der Waals surface area contributed by atoms with E-state index in [0.29, 0.717) is 0 Å². The van der Waals surface area contributed by atoms with Crippen molar-refractivity contribution in [2.75, 3.05) is 0 Å². The monoisotopic (exact) mass is 394 g/mol. The molecule has 3 heteroatoms. The number of hydrogen-bond acceptors (Lipinski definition) is 3. The van der Waals surface area contributed by atoms with Gasteiger partial charge in [-0.1, -0.05) is 79.2 Å². The first-order valence-corrected chi connectivity index (χ1v) is 11.1. The molecule has 1 aliphatic carbocycles. The maximum atomic E-state index is 6.65. The molecule has 3 aliphatic rings. The lowest BCUT2D eigenvalue weighted by Crippen LogP contribution is -2.54. The third kappa shape index (κ3) is 2.84. The molecule has 3 aromatic rings. The van der Waals surface area contributed by atoms with E-state index >= 15 is 0 Å². The van der Waals surface area contributed by atoms with Gasteiger partial charge in [0.15, 0.2) is 5.72 Å². The van der Waals surface area contributed by atoms with Gasteiger partial charge in [-0.05, 0) is 35.6 Å². The summed E-state index contributed by atoms with van der Waals surface area (Å²) >= 11 is 0. The van der Waals surface area contributed by atoms with Gasteiger partial charge in [-0.25, -0.2) is 5.01 Å². The molecule has 0 aromatic heterocycles. The third-order valence-electron chi connectivity index (χ3n) is 6.87. The molecule has 0 bridgehead atoms. The van der Waals surface area contributed by atoms with Gasteiger partial charge < -0.3 is 4.74 Å². The van der Waals surface area contributed by atoms with Crippen molar-refractivity contribution in [3.8, 4) is 16.9 Å². The van der Waals surface area contributed by atoms with Gasteiger partial charge >= 0.3 is 0 Å². The lowest BCUT2D eigenvalue weighted by Gasteiger charge is -2.49. The van der Waals surface area contributed by atoms with Gasteiger partial charge in [-0.3, -0.25) is 0 Å². The smallest absolute Gasteiger partial charge is 0.198 e. The van der Waals surface area contributed by atoms with Gasteiger partial charge in [0, 0.05) is 24.8 Å². The zero-order valence-corrected chi connectivity index (χ0v) is 17.1. The highest BCUT2D eigenvalue weighted by Crippen LogP contribution is 2.51. The number of rotatable bonds is 2. The van der Waals surface area contributed by atoms with Crippen LogP contribution in [0.1, 0.15) is 55.7 Å². The number of benzene rings is 3. The number of hydrazone groups is 1. The largest absolute Gasteiger partial charge is 0.466 e. The summed E-state index contributed by atoms with van der Waals surface area (Å²) in [5.41, 5.74) is 5.88. The second-order valence-electron chi connectivity index (χ2n) is 8.70. The maximum Gasteiger partial charge on any atom is 0.198 e. The van der Waals surface area contributed by atoms with Crippen LogP contribution in [0.5, 0.6) is 5.75 Å². The van der Waals surface area contributed by atoms with Crippen LogP contribution >= 0.6 is 0 Å². The van der Waals surface area contributed by atoms with Crippen LogP contribution in [-0.2, 0) is 0 Å². The van der Waals surface area contributed by atoms with Gasteiger partial charge in [-0.15, -0.1) is 0 Å². The van der Waals surface area contributed by atoms with E-state index in [1.807, 2.05) is 0 Å². The van der Waals surface area contributed by atoms with Gasteiger partial charge in [0.1, 0.15) is 5.75 Å². The summed E-state index contributed by atoms with van der Waals surface area (Å²) in [6.07, 6.45) is 6.77. The van der Waals surface area contributed by atoms with Crippen molar-refractivity contribution in [2.24, 2.45) is 5.10 Å². The summed E-state index contributed by atoms with van der Waals surface area (Å²) in [6, 6.07) is 28.2. The number of ether oxygens (including phenoxy) is 1. The van der Waals surface area contributed by atoms with Gasteiger partial charge in [-0.2, -0.15) is 5.10 Å². The number of hydrogen-bond donors (Lipinski definition) is 0. The molecular weight excluding hydrogens is 368 g/mol. The minimum atomic E-state index is -0.275. The fourth-order valence-electron chi connectivity index (χ4n) is 5.32. The standard InChI is InChI=1S/C27H26N2O/c1-3-9-20(10-4-1)21-13-15-22(16-14-21)24-19-25-23-11-5-6-12-26(23)30-27(29(25)28-24)17-7-2-8-18-27/h1,3-6,9-16,25H,2,7-8,17-19H2/t25-/m1/s1. The van der Waals surface area contributed by atoms with Crippen LogP contribution in [0.15, 0.2) is 84.0 Å². The second-order valence-corrected chi connectivity index (χ2v) is 8.70. The highest BCUT2D eigenvalue weighted by atomic mass is 16.5. The maximum absolute atomic E-state index is 6.65. The van der Waals surface area contributed by atoms with E-state index in [1.165, 1.54) is 47.2 Å². The van der Waals surface area contributed by atoms with Gasteiger partial charge in [0.2, 0.25) is 0 Å². The summed E-state index contributed by atoms with van der Waals surface area (Å²) in [6.45, 7) is 0. The summed E-state index contributed by atoms with van der Waals surface area (Å²) < 4.78 is 6.65. The van der Waals surface area contributed by atoms with E-state index in [2.05, 4.69) is 83.9 Å². The first kappa shape index (κ1) is 17.8. The predicted octanol–water partition coefficient (Wildman–Crippen LogP) is 6.56.